The molecule has 1 amide bonds. The van der Waals surface area contributed by atoms with Crippen LogP contribution in [0.4, 0.5) is 5.88 Å². The number of nitrogens with one attached hydrogen (secondary N) is 1. The maximum absolute atomic E-state index is 12.5. The van der Waals surface area contributed by atoms with Crippen molar-refractivity contribution >= 4 is 11.8 Å². The second kappa shape index (κ2) is 7.71. The lowest BCUT2D eigenvalue weighted by molar-refractivity contribution is 0.102. The number of aromatic nitrogens is 4. The van der Waals surface area contributed by atoms with Crippen LogP contribution in [-0.2, 0) is 6.42 Å². The van der Waals surface area contributed by atoms with Crippen molar-refractivity contribution in [3.8, 4) is 17.1 Å². The van der Waals surface area contributed by atoms with Gasteiger partial charge in [-0.1, -0.05) is 36.3 Å². The summed E-state index contributed by atoms with van der Waals surface area (Å²) in [5.41, 5.74) is 5.16. The third-order valence-electron chi connectivity index (χ3n) is 4.64. The maximum atomic E-state index is 12.5. The summed E-state index contributed by atoms with van der Waals surface area (Å²) in [6.07, 6.45) is 2.49. The van der Waals surface area contributed by atoms with Gasteiger partial charge in [-0.15, -0.1) is 0 Å². The molecule has 7 heteroatoms. The van der Waals surface area contributed by atoms with E-state index in [1.807, 2.05) is 32.0 Å². The Morgan fingerprint density at radius 3 is 2.52 bits per heavy atom. The number of nitrogens with zero attached hydrogens (tertiary/aromatic N) is 4. The van der Waals surface area contributed by atoms with Gasteiger partial charge in [0.25, 0.3) is 5.91 Å². The summed E-state index contributed by atoms with van der Waals surface area (Å²) in [4.78, 5) is 16.8. The minimum Gasteiger partial charge on any atom is -0.338 e. The van der Waals surface area contributed by atoms with Crippen LogP contribution in [0, 0.1) is 13.8 Å². The fraction of sp³-hybridized carbons (Fsp3) is 0.182. The van der Waals surface area contributed by atoms with Crippen molar-refractivity contribution in [2.24, 2.45) is 0 Å². The summed E-state index contributed by atoms with van der Waals surface area (Å²) in [6, 6.07) is 15.2. The molecule has 4 aromatic rings. The number of benzene rings is 1. The van der Waals surface area contributed by atoms with E-state index in [9.17, 15) is 4.79 Å². The average molecular weight is 387 g/mol. The van der Waals surface area contributed by atoms with Crippen molar-refractivity contribution in [2.75, 3.05) is 5.32 Å². The number of rotatable bonds is 5. The number of hydrogen-bond donors (Lipinski definition) is 1. The van der Waals surface area contributed by atoms with Gasteiger partial charge in [-0.25, -0.2) is 9.67 Å². The summed E-state index contributed by atoms with van der Waals surface area (Å²) in [6.45, 7) is 5.99. The van der Waals surface area contributed by atoms with Crippen molar-refractivity contribution in [2.45, 2.75) is 27.2 Å². The molecule has 0 bridgehead atoms. The third-order valence-corrected chi connectivity index (χ3v) is 4.64. The number of anilines is 1. The van der Waals surface area contributed by atoms with Crippen molar-refractivity contribution in [1.29, 1.82) is 0 Å². The van der Waals surface area contributed by atoms with Gasteiger partial charge in [-0.3, -0.25) is 10.1 Å². The van der Waals surface area contributed by atoms with Crippen LogP contribution in [0.25, 0.3) is 17.1 Å². The average Bonchev–Trinajstić information content (AvgIpc) is 3.34. The van der Waals surface area contributed by atoms with Gasteiger partial charge >= 0.3 is 0 Å². The molecule has 1 aromatic carbocycles. The highest BCUT2D eigenvalue weighted by Gasteiger charge is 2.13. The van der Waals surface area contributed by atoms with Gasteiger partial charge in [-0.05, 0) is 44.0 Å². The molecule has 1 N–H and O–H groups in total. The largest absolute Gasteiger partial charge is 0.338 e. The summed E-state index contributed by atoms with van der Waals surface area (Å²) in [7, 11) is 0. The smallest absolute Gasteiger partial charge is 0.259 e. The predicted octanol–water partition coefficient (Wildman–Crippen LogP) is 4.35. The van der Waals surface area contributed by atoms with Gasteiger partial charge in [0.1, 0.15) is 5.69 Å². The molecule has 0 saturated carbocycles. The molecule has 4 rings (SSSR count). The second-order valence-corrected chi connectivity index (χ2v) is 6.82. The zero-order chi connectivity index (χ0) is 20.4. The molecule has 0 aliphatic heterocycles. The molecule has 0 unspecified atom stereocenters. The van der Waals surface area contributed by atoms with Crippen LogP contribution >= 0.6 is 0 Å². The minimum atomic E-state index is -0.318. The zero-order valence-electron chi connectivity index (χ0n) is 16.5. The van der Waals surface area contributed by atoms with E-state index in [0.717, 1.165) is 23.4 Å². The first-order chi connectivity index (χ1) is 14.0. The highest BCUT2D eigenvalue weighted by Crippen LogP contribution is 2.22. The Morgan fingerprint density at radius 1 is 1.10 bits per heavy atom. The molecule has 0 spiro atoms. The molecular formula is C22H21N5O2. The fourth-order valence-corrected chi connectivity index (χ4v) is 3.07. The van der Waals surface area contributed by atoms with Gasteiger partial charge < -0.3 is 4.52 Å². The van der Waals surface area contributed by atoms with Crippen LogP contribution in [0.3, 0.4) is 0 Å². The Kier molecular flexibility index (Phi) is 4.95. The zero-order valence-corrected chi connectivity index (χ0v) is 16.5. The van der Waals surface area contributed by atoms with E-state index in [1.54, 1.807) is 22.9 Å². The molecule has 0 aliphatic rings. The summed E-state index contributed by atoms with van der Waals surface area (Å²) >= 11 is 0. The molecular weight excluding hydrogens is 366 g/mol. The van der Waals surface area contributed by atoms with Crippen LogP contribution in [0.5, 0.6) is 0 Å². The van der Waals surface area contributed by atoms with Gasteiger partial charge in [0.2, 0.25) is 5.88 Å². The van der Waals surface area contributed by atoms with E-state index in [0.29, 0.717) is 17.1 Å². The van der Waals surface area contributed by atoms with Gasteiger partial charge in [-0.2, -0.15) is 5.10 Å². The van der Waals surface area contributed by atoms with Crippen molar-refractivity contribution in [3.05, 3.63) is 77.2 Å². The monoisotopic (exact) mass is 387 g/mol. The minimum absolute atomic E-state index is 0.284. The number of aryl methyl sites for hydroxylation is 3. The Hall–Kier alpha value is -3.74. The molecule has 146 valence electrons. The van der Waals surface area contributed by atoms with Crippen molar-refractivity contribution in [1.82, 2.24) is 19.9 Å². The first-order valence-corrected chi connectivity index (χ1v) is 9.40. The lowest BCUT2D eigenvalue weighted by Gasteiger charge is -2.05. The molecule has 0 aliphatic carbocycles. The number of pyridine rings is 1. The highest BCUT2D eigenvalue weighted by molar-refractivity contribution is 6.03. The summed E-state index contributed by atoms with van der Waals surface area (Å²) in [5, 5.41) is 11.1. The fourth-order valence-electron chi connectivity index (χ4n) is 3.07. The molecule has 3 heterocycles. The van der Waals surface area contributed by atoms with E-state index in [1.165, 1.54) is 11.8 Å². The number of amides is 1. The lowest BCUT2D eigenvalue weighted by atomic mass is 10.1. The van der Waals surface area contributed by atoms with E-state index in [-0.39, 0.29) is 11.8 Å². The lowest BCUT2D eigenvalue weighted by Crippen LogP contribution is -2.12. The Morgan fingerprint density at radius 2 is 1.90 bits per heavy atom. The summed E-state index contributed by atoms with van der Waals surface area (Å²) < 4.78 is 7.00. The molecule has 0 fully saturated rings. The predicted molar refractivity (Wildman–Crippen MR) is 110 cm³/mol. The molecule has 7 nitrogen and oxygen atoms in total. The first kappa shape index (κ1) is 18.6. The van der Waals surface area contributed by atoms with E-state index < -0.39 is 0 Å². The number of carbonyl (C=O) groups excluding carboxylic acids is 1. The van der Waals surface area contributed by atoms with E-state index in [2.05, 4.69) is 39.6 Å². The van der Waals surface area contributed by atoms with E-state index >= 15 is 0 Å². The molecule has 0 saturated heterocycles. The van der Waals surface area contributed by atoms with Crippen LogP contribution in [-0.4, -0.2) is 25.8 Å². The van der Waals surface area contributed by atoms with E-state index in [4.69, 9.17) is 4.52 Å². The highest BCUT2D eigenvalue weighted by atomic mass is 16.5. The topological polar surface area (TPSA) is 85.8 Å². The first-order valence-electron chi connectivity index (χ1n) is 9.40. The quantitative estimate of drug-likeness (QED) is 0.550. The number of hydrogen-bond acceptors (Lipinski definition) is 5. The SMILES string of the molecule is CCc1ccc(-c2cc(NC(=O)c3ccc(-n4nc(C)cc4C)nc3)on2)cc1. The second-order valence-electron chi connectivity index (χ2n) is 6.82. The third kappa shape index (κ3) is 3.94. The maximum Gasteiger partial charge on any atom is 0.259 e. The van der Waals surface area contributed by atoms with Gasteiger partial charge in [0, 0.05) is 23.5 Å². The van der Waals surface area contributed by atoms with Crippen molar-refractivity contribution < 1.29 is 9.32 Å². The van der Waals surface area contributed by atoms with Crippen LogP contribution in [0.15, 0.2) is 59.3 Å². The number of carbonyl (C=O) groups is 1. The standard InChI is InChI=1S/C22H21N5O2/c1-4-16-5-7-17(8-6-16)19-12-21(29-26-19)24-22(28)18-9-10-20(23-13-18)27-15(3)11-14(2)25-27/h5-13H,4H2,1-3H3,(H,24,28). The molecule has 0 atom stereocenters. The normalized spacial score (nSPS) is 10.9. The molecule has 3 aromatic heterocycles. The van der Waals surface area contributed by atoms with Gasteiger partial charge in [0.15, 0.2) is 5.82 Å². The Bertz CT molecular complexity index is 1140. The van der Waals surface area contributed by atoms with Crippen molar-refractivity contribution in [3.63, 3.8) is 0 Å². The van der Waals surface area contributed by atoms with Crippen LogP contribution < -0.4 is 5.32 Å². The Labute approximate surface area is 168 Å². The summed E-state index contributed by atoms with van der Waals surface area (Å²) in [5.74, 6) is 0.623. The van der Waals surface area contributed by atoms with Crippen LogP contribution in [0.1, 0.15) is 34.2 Å². The Balaban J connectivity index is 1.46. The van der Waals surface area contributed by atoms with Gasteiger partial charge in [0.05, 0.1) is 11.3 Å². The van der Waals surface area contributed by atoms with Crippen LogP contribution in [0.2, 0.25) is 0 Å². The molecule has 29 heavy (non-hydrogen) atoms. The molecule has 0 radical (unpaired) electrons.